The number of anilines is 1. The molecule has 3 aromatic rings. The zero-order valence-electron chi connectivity index (χ0n) is 17.1. The number of ether oxygens (including phenoxy) is 2. The number of nitrogen functional groups attached to an aromatic ring is 1. The molecule has 0 aromatic heterocycles. The highest BCUT2D eigenvalue weighted by Gasteiger charge is 2.08. The molecule has 0 aliphatic rings. The molecule has 3 N–H and O–H groups in total. The molecule has 0 aliphatic heterocycles. The van der Waals surface area contributed by atoms with Crippen LogP contribution >= 0.6 is 0 Å². The molecule has 0 aliphatic carbocycles. The molecule has 0 fully saturated rings. The van der Waals surface area contributed by atoms with E-state index in [4.69, 9.17) is 20.3 Å². The number of hydrogen-bond acceptors (Lipinski definition) is 4. The van der Waals surface area contributed by atoms with Crippen molar-refractivity contribution in [1.82, 2.24) is 0 Å². The summed E-state index contributed by atoms with van der Waals surface area (Å²) in [7, 11) is 0. The normalized spacial score (nSPS) is 10.7. The molecule has 0 saturated heterocycles. The topological polar surface area (TPSA) is 81.8 Å². The molecule has 0 atom stereocenters. The van der Waals surface area contributed by atoms with Crippen LogP contribution in [-0.2, 0) is 11.2 Å². The third-order valence-electron chi connectivity index (χ3n) is 4.91. The average Bonchev–Trinajstić information content (AvgIpc) is 2.74. The third kappa shape index (κ3) is 6.09. The molecule has 0 spiro atoms. The molecule has 3 aromatic carbocycles. The van der Waals surface area contributed by atoms with Crippen LogP contribution in [0.5, 0.6) is 5.75 Å². The van der Waals surface area contributed by atoms with E-state index in [0.29, 0.717) is 6.61 Å². The maximum absolute atomic E-state index is 11.1. The summed E-state index contributed by atoms with van der Waals surface area (Å²) < 4.78 is 11.3. The minimum Gasteiger partial charge on any atom is -0.478 e. The van der Waals surface area contributed by atoms with Crippen LogP contribution in [0.4, 0.5) is 5.69 Å². The predicted octanol–water partition coefficient (Wildman–Crippen LogP) is 5.32. The summed E-state index contributed by atoms with van der Waals surface area (Å²) in [5, 5.41) is 9.12. The Morgan fingerprint density at radius 3 is 2.53 bits per heavy atom. The van der Waals surface area contributed by atoms with Gasteiger partial charge in [-0.3, -0.25) is 0 Å². The summed E-state index contributed by atoms with van der Waals surface area (Å²) in [6.07, 6.45) is 3.01. The number of nitrogens with two attached hydrogens (primary N) is 1. The van der Waals surface area contributed by atoms with Gasteiger partial charge in [-0.25, -0.2) is 4.79 Å². The second-order valence-corrected chi connectivity index (χ2v) is 7.23. The lowest BCUT2D eigenvalue weighted by atomic mass is 9.98. The fourth-order valence-electron chi connectivity index (χ4n) is 3.26. The molecule has 30 heavy (non-hydrogen) atoms. The molecule has 5 heteroatoms. The Balaban J connectivity index is 1.43. The SMILES string of the molecule is Cc1cc(C(=O)O)ccc1-c1cccc(OCOCCCCc2ccc(N)cc2)c1. The zero-order chi connectivity index (χ0) is 21.3. The average molecular weight is 405 g/mol. The lowest BCUT2D eigenvalue weighted by Crippen LogP contribution is -2.04. The first-order valence-electron chi connectivity index (χ1n) is 10.0. The Morgan fingerprint density at radius 2 is 1.80 bits per heavy atom. The molecule has 0 bridgehead atoms. The van der Waals surface area contributed by atoms with Crippen molar-refractivity contribution >= 4 is 11.7 Å². The summed E-state index contributed by atoms with van der Waals surface area (Å²) in [6.45, 7) is 2.75. The quantitative estimate of drug-likeness (QED) is 0.271. The molecule has 0 saturated carbocycles. The van der Waals surface area contributed by atoms with Gasteiger partial charge in [-0.15, -0.1) is 0 Å². The van der Waals surface area contributed by atoms with E-state index in [0.717, 1.165) is 47.4 Å². The van der Waals surface area contributed by atoms with E-state index in [2.05, 4.69) is 12.1 Å². The van der Waals surface area contributed by atoms with E-state index in [9.17, 15) is 4.79 Å². The Labute approximate surface area is 177 Å². The summed E-state index contributed by atoms with van der Waals surface area (Å²) in [6, 6.07) is 20.8. The molecule has 0 unspecified atom stereocenters. The Morgan fingerprint density at radius 1 is 1.00 bits per heavy atom. The van der Waals surface area contributed by atoms with E-state index < -0.39 is 5.97 Å². The summed E-state index contributed by atoms with van der Waals surface area (Å²) >= 11 is 0. The van der Waals surface area contributed by atoms with Crippen molar-refractivity contribution in [2.24, 2.45) is 0 Å². The molecule has 0 heterocycles. The van der Waals surface area contributed by atoms with Gasteiger partial charge in [-0.05, 0) is 84.8 Å². The monoisotopic (exact) mass is 405 g/mol. The number of benzene rings is 3. The molecule has 0 amide bonds. The summed E-state index contributed by atoms with van der Waals surface area (Å²) in [5.74, 6) is -0.205. The lowest BCUT2D eigenvalue weighted by molar-refractivity contribution is 0.0137. The number of unbranched alkanes of at least 4 members (excludes halogenated alkanes) is 1. The summed E-state index contributed by atoms with van der Waals surface area (Å²) in [5.41, 5.74) is 10.9. The standard InChI is InChI=1S/C25H27NO4/c1-18-15-21(25(27)28)10-13-24(18)20-6-4-7-23(16-20)30-17-29-14-3-2-5-19-8-11-22(26)12-9-19/h4,6-13,15-16H,2-3,5,14,17,26H2,1H3,(H,27,28). The first-order valence-corrected chi connectivity index (χ1v) is 10.0. The maximum atomic E-state index is 11.1. The van der Waals surface area contributed by atoms with Gasteiger partial charge in [0.25, 0.3) is 0 Å². The van der Waals surface area contributed by atoms with Crippen LogP contribution in [0.3, 0.4) is 0 Å². The van der Waals surface area contributed by atoms with Gasteiger partial charge < -0.3 is 20.3 Å². The van der Waals surface area contributed by atoms with Crippen LogP contribution in [0, 0.1) is 6.92 Å². The van der Waals surface area contributed by atoms with E-state index >= 15 is 0 Å². The van der Waals surface area contributed by atoms with E-state index in [1.54, 1.807) is 12.1 Å². The second-order valence-electron chi connectivity index (χ2n) is 7.23. The van der Waals surface area contributed by atoms with Gasteiger partial charge in [0.15, 0.2) is 6.79 Å². The van der Waals surface area contributed by atoms with Crippen molar-refractivity contribution in [2.45, 2.75) is 26.2 Å². The first kappa shape index (κ1) is 21.4. The van der Waals surface area contributed by atoms with Crippen LogP contribution in [-0.4, -0.2) is 24.5 Å². The minimum atomic E-state index is -0.924. The second kappa shape index (κ2) is 10.5. The van der Waals surface area contributed by atoms with Crippen molar-refractivity contribution < 1.29 is 19.4 Å². The number of rotatable bonds is 10. The zero-order valence-corrected chi connectivity index (χ0v) is 17.1. The predicted molar refractivity (Wildman–Crippen MR) is 119 cm³/mol. The maximum Gasteiger partial charge on any atom is 0.335 e. The van der Waals surface area contributed by atoms with Crippen molar-refractivity contribution in [2.75, 3.05) is 19.1 Å². The number of carboxylic acids is 1. The Kier molecular flexibility index (Phi) is 7.46. The van der Waals surface area contributed by atoms with Crippen LogP contribution in [0.15, 0.2) is 66.7 Å². The number of aryl methyl sites for hydroxylation is 2. The number of carbonyl (C=O) groups is 1. The minimum absolute atomic E-state index is 0.197. The third-order valence-corrected chi connectivity index (χ3v) is 4.91. The van der Waals surface area contributed by atoms with Gasteiger partial charge >= 0.3 is 5.97 Å². The molecule has 3 rings (SSSR count). The van der Waals surface area contributed by atoms with E-state index in [1.165, 1.54) is 5.56 Å². The number of aromatic carboxylic acids is 1. The van der Waals surface area contributed by atoms with E-state index in [1.807, 2.05) is 49.4 Å². The van der Waals surface area contributed by atoms with Crippen LogP contribution in [0.1, 0.15) is 34.3 Å². The largest absolute Gasteiger partial charge is 0.478 e. The highest BCUT2D eigenvalue weighted by molar-refractivity contribution is 5.89. The Bertz CT molecular complexity index is 983. The first-order chi connectivity index (χ1) is 14.5. The highest BCUT2D eigenvalue weighted by Crippen LogP contribution is 2.27. The van der Waals surface area contributed by atoms with Gasteiger partial charge in [0.2, 0.25) is 0 Å². The number of carboxylic acid groups (broad SMARTS) is 1. The molecule has 5 nitrogen and oxygen atoms in total. The molecule has 0 radical (unpaired) electrons. The lowest BCUT2D eigenvalue weighted by Gasteiger charge is -2.11. The van der Waals surface area contributed by atoms with Crippen LogP contribution in [0.25, 0.3) is 11.1 Å². The van der Waals surface area contributed by atoms with Crippen LogP contribution in [0.2, 0.25) is 0 Å². The summed E-state index contributed by atoms with van der Waals surface area (Å²) in [4.78, 5) is 11.1. The Hall–Kier alpha value is -3.31. The van der Waals surface area contributed by atoms with Gasteiger partial charge in [0.05, 0.1) is 12.2 Å². The molecular weight excluding hydrogens is 378 g/mol. The van der Waals surface area contributed by atoms with Crippen molar-refractivity contribution in [3.63, 3.8) is 0 Å². The van der Waals surface area contributed by atoms with Crippen molar-refractivity contribution in [3.8, 4) is 16.9 Å². The fourth-order valence-corrected chi connectivity index (χ4v) is 3.26. The van der Waals surface area contributed by atoms with Gasteiger partial charge in [-0.1, -0.05) is 30.3 Å². The number of hydrogen-bond donors (Lipinski definition) is 2. The van der Waals surface area contributed by atoms with E-state index in [-0.39, 0.29) is 12.4 Å². The van der Waals surface area contributed by atoms with Crippen molar-refractivity contribution in [1.29, 1.82) is 0 Å². The van der Waals surface area contributed by atoms with Gasteiger partial charge in [-0.2, -0.15) is 0 Å². The highest BCUT2D eigenvalue weighted by atomic mass is 16.7. The van der Waals surface area contributed by atoms with Crippen molar-refractivity contribution in [3.05, 3.63) is 83.4 Å². The fraction of sp³-hybridized carbons (Fsp3) is 0.240. The molecule has 156 valence electrons. The van der Waals surface area contributed by atoms with Gasteiger partial charge in [0, 0.05) is 5.69 Å². The van der Waals surface area contributed by atoms with Crippen LogP contribution < -0.4 is 10.5 Å². The molecular formula is C25H27NO4. The van der Waals surface area contributed by atoms with Gasteiger partial charge in [0.1, 0.15) is 5.75 Å². The smallest absolute Gasteiger partial charge is 0.335 e.